The Kier molecular flexibility index (Phi) is 6.18. The Morgan fingerprint density at radius 2 is 1.74 bits per heavy atom. The Morgan fingerprint density at radius 1 is 1.09 bits per heavy atom. The second-order valence-electron chi connectivity index (χ2n) is 5.84. The minimum Gasteiger partial charge on any atom is -0.393 e. The zero-order chi connectivity index (χ0) is 16.7. The molecule has 0 radical (unpaired) electrons. The second-order valence-corrected chi connectivity index (χ2v) is 5.84. The minimum atomic E-state index is -0.415. The third-order valence-corrected chi connectivity index (χ3v) is 3.80. The van der Waals surface area contributed by atoms with Gasteiger partial charge in [-0.2, -0.15) is 0 Å². The zero-order valence-electron chi connectivity index (χ0n) is 13.6. The number of hydrogen-bond donors (Lipinski definition) is 3. The quantitative estimate of drug-likeness (QED) is 0.762. The van der Waals surface area contributed by atoms with Gasteiger partial charge < -0.3 is 15.7 Å². The molecular formula is C19H24N2O2. The lowest BCUT2D eigenvalue weighted by atomic mass is 9.93. The van der Waals surface area contributed by atoms with Gasteiger partial charge in [0.05, 0.1) is 6.10 Å². The van der Waals surface area contributed by atoms with E-state index >= 15 is 0 Å². The molecule has 0 spiro atoms. The van der Waals surface area contributed by atoms with Gasteiger partial charge in [-0.25, -0.2) is 4.79 Å². The van der Waals surface area contributed by atoms with Crippen LogP contribution in [0.2, 0.25) is 0 Å². The standard InChI is InChI=1S/C19H24N2O2/c1-14-8-6-7-11-18(14)21-19(23)20-13-17(12-15(2)22)16-9-4-3-5-10-16/h3-11,15,17,22H,12-13H2,1-2H3,(H2,20,21,23). The van der Waals surface area contributed by atoms with E-state index in [4.69, 9.17) is 0 Å². The van der Waals surface area contributed by atoms with Crippen LogP contribution in [0.3, 0.4) is 0 Å². The molecule has 0 bridgehead atoms. The Morgan fingerprint density at radius 3 is 2.39 bits per heavy atom. The minimum absolute atomic E-state index is 0.0822. The molecule has 4 nitrogen and oxygen atoms in total. The van der Waals surface area contributed by atoms with E-state index in [1.165, 1.54) is 0 Å². The van der Waals surface area contributed by atoms with E-state index in [0.29, 0.717) is 13.0 Å². The summed E-state index contributed by atoms with van der Waals surface area (Å²) in [5, 5.41) is 15.5. The van der Waals surface area contributed by atoms with Gasteiger partial charge in [-0.05, 0) is 37.5 Å². The molecule has 0 aliphatic rings. The highest BCUT2D eigenvalue weighted by Gasteiger charge is 2.15. The van der Waals surface area contributed by atoms with E-state index in [1.54, 1.807) is 6.92 Å². The summed E-state index contributed by atoms with van der Waals surface area (Å²) < 4.78 is 0. The highest BCUT2D eigenvalue weighted by Crippen LogP contribution is 2.20. The van der Waals surface area contributed by atoms with Gasteiger partial charge in [0.2, 0.25) is 0 Å². The lowest BCUT2D eigenvalue weighted by molar-refractivity contribution is 0.173. The first kappa shape index (κ1) is 17.0. The van der Waals surface area contributed by atoms with Crippen LogP contribution >= 0.6 is 0 Å². The highest BCUT2D eigenvalue weighted by atomic mass is 16.3. The summed E-state index contributed by atoms with van der Waals surface area (Å²) in [7, 11) is 0. The molecule has 0 heterocycles. The van der Waals surface area contributed by atoms with Crippen LogP contribution in [0.25, 0.3) is 0 Å². The van der Waals surface area contributed by atoms with Gasteiger partial charge in [-0.3, -0.25) is 0 Å². The number of urea groups is 1. The van der Waals surface area contributed by atoms with Crippen molar-refractivity contribution in [2.24, 2.45) is 0 Å². The molecule has 2 aromatic carbocycles. The Balaban J connectivity index is 1.95. The van der Waals surface area contributed by atoms with Crippen molar-refractivity contribution in [1.82, 2.24) is 5.32 Å². The number of aliphatic hydroxyl groups excluding tert-OH is 1. The van der Waals surface area contributed by atoms with Crippen LogP contribution < -0.4 is 10.6 Å². The van der Waals surface area contributed by atoms with Gasteiger partial charge in [0.15, 0.2) is 0 Å². The van der Waals surface area contributed by atoms with Crippen molar-refractivity contribution in [3.63, 3.8) is 0 Å². The topological polar surface area (TPSA) is 61.4 Å². The summed E-state index contributed by atoms with van der Waals surface area (Å²) in [6, 6.07) is 17.4. The molecule has 0 saturated carbocycles. The SMILES string of the molecule is Cc1ccccc1NC(=O)NCC(CC(C)O)c1ccccc1. The van der Waals surface area contributed by atoms with Crippen LogP contribution in [-0.2, 0) is 0 Å². The fourth-order valence-electron chi connectivity index (χ4n) is 2.57. The number of aryl methyl sites for hydroxylation is 1. The van der Waals surface area contributed by atoms with Crippen LogP contribution in [0, 0.1) is 6.92 Å². The van der Waals surface area contributed by atoms with Crippen molar-refractivity contribution in [3.05, 3.63) is 65.7 Å². The lowest BCUT2D eigenvalue weighted by Gasteiger charge is -2.20. The predicted molar refractivity (Wildman–Crippen MR) is 93.7 cm³/mol. The summed E-state index contributed by atoms with van der Waals surface area (Å²) in [4.78, 5) is 12.1. The molecule has 2 rings (SSSR count). The summed E-state index contributed by atoms with van der Waals surface area (Å²) in [5.41, 5.74) is 2.94. The first-order valence-electron chi connectivity index (χ1n) is 7.89. The van der Waals surface area contributed by atoms with Gasteiger partial charge in [0.25, 0.3) is 0 Å². The van der Waals surface area contributed by atoms with E-state index in [0.717, 1.165) is 16.8 Å². The molecule has 0 aliphatic carbocycles. The number of nitrogens with one attached hydrogen (secondary N) is 2. The number of amides is 2. The van der Waals surface area contributed by atoms with Gasteiger partial charge >= 0.3 is 6.03 Å². The average Bonchev–Trinajstić information content (AvgIpc) is 2.54. The highest BCUT2D eigenvalue weighted by molar-refractivity contribution is 5.90. The van der Waals surface area contributed by atoms with Crippen molar-refractivity contribution in [1.29, 1.82) is 0 Å². The van der Waals surface area contributed by atoms with Crippen molar-refractivity contribution < 1.29 is 9.90 Å². The second kappa shape index (κ2) is 8.34. The molecule has 2 aromatic rings. The van der Waals surface area contributed by atoms with Gasteiger partial charge in [0.1, 0.15) is 0 Å². The number of para-hydroxylation sites is 1. The third-order valence-electron chi connectivity index (χ3n) is 3.80. The van der Waals surface area contributed by atoms with Crippen LogP contribution in [0.5, 0.6) is 0 Å². The fraction of sp³-hybridized carbons (Fsp3) is 0.316. The van der Waals surface area contributed by atoms with Crippen molar-refractivity contribution in [2.75, 3.05) is 11.9 Å². The van der Waals surface area contributed by atoms with Gasteiger partial charge in [-0.15, -0.1) is 0 Å². The largest absolute Gasteiger partial charge is 0.393 e. The summed E-state index contributed by atoms with van der Waals surface area (Å²) >= 11 is 0. The maximum atomic E-state index is 12.1. The Hall–Kier alpha value is -2.33. The third kappa shape index (κ3) is 5.42. The number of anilines is 1. The van der Waals surface area contributed by atoms with Crippen LogP contribution in [0.15, 0.2) is 54.6 Å². The molecule has 2 atom stereocenters. The molecule has 3 N–H and O–H groups in total. The zero-order valence-corrected chi connectivity index (χ0v) is 13.6. The number of rotatable bonds is 6. The van der Waals surface area contributed by atoms with E-state index < -0.39 is 6.10 Å². The predicted octanol–water partition coefficient (Wildman–Crippen LogP) is 3.67. The Bertz CT molecular complexity index is 626. The average molecular weight is 312 g/mol. The first-order valence-corrected chi connectivity index (χ1v) is 7.89. The number of carbonyl (C=O) groups is 1. The normalized spacial score (nSPS) is 13.2. The smallest absolute Gasteiger partial charge is 0.319 e. The fourth-order valence-corrected chi connectivity index (χ4v) is 2.57. The maximum absolute atomic E-state index is 12.1. The number of aliphatic hydroxyl groups is 1. The van der Waals surface area contributed by atoms with Crippen molar-refractivity contribution >= 4 is 11.7 Å². The van der Waals surface area contributed by atoms with Gasteiger partial charge in [0, 0.05) is 18.2 Å². The van der Waals surface area contributed by atoms with Crippen molar-refractivity contribution in [2.45, 2.75) is 32.3 Å². The van der Waals surface area contributed by atoms with E-state index in [-0.39, 0.29) is 11.9 Å². The molecule has 2 unspecified atom stereocenters. The van der Waals surface area contributed by atoms with Crippen LogP contribution in [0.1, 0.15) is 30.4 Å². The molecule has 122 valence electrons. The van der Waals surface area contributed by atoms with E-state index in [9.17, 15) is 9.90 Å². The van der Waals surface area contributed by atoms with E-state index in [1.807, 2.05) is 61.5 Å². The Labute approximate surface area is 137 Å². The molecule has 4 heteroatoms. The summed E-state index contributed by atoms with van der Waals surface area (Å²) in [6.07, 6.45) is 0.190. The molecule has 0 aromatic heterocycles. The monoisotopic (exact) mass is 312 g/mol. The molecular weight excluding hydrogens is 288 g/mol. The lowest BCUT2D eigenvalue weighted by Crippen LogP contribution is -2.33. The molecule has 0 fully saturated rings. The summed E-state index contributed by atoms with van der Waals surface area (Å²) in [6.45, 7) is 4.20. The first-order chi connectivity index (χ1) is 11.1. The molecule has 23 heavy (non-hydrogen) atoms. The molecule has 0 saturated heterocycles. The summed E-state index contributed by atoms with van der Waals surface area (Å²) in [5.74, 6) is 0.0822. The number of benzene rings is 2. The van der Waals surface area contributed by atoms with Crippen LogP contribution in [-0.4, -0.2) is 23.8 Å². The van der Waals surface area contributed by atoms with Crippen LogP contribution in [0.4, 0.5) is 10.5 Å². The maximum Gasteiger partial charge on any atom is 0.319 e. The number of hydrogen-bond acceptors (Lipinski definition) is 2. The molecule has 2 amide bonds. The van der Waals surface area contributed by atoms with Crippen molar-refractivity contribution in [3.8, 4) is 0 Å². The van der Waals surface area contributed by atoms with E-state index in [2.05, 4.69) is 10.6 Å². The molecule has 0 aliphatic heterocycles. The number of carbonyl (C=O) groups excluding carboxylic acids is 1. The van der Waals surface area contributed by atoms with Gasteiger partial charge in [-0.1, -0.05) is 48.5 Å².